The Morgan fingerprint density at radius 2 is 2.00 bits per heavy atom. The molecule has 3 aromatic rings. The van der Waals surface area contributed by atoms with Gasteiger partial charge in [0.05, 0.1) is 5.25 Å². The zero-order valence-corrected chi connectivity index (χ0v) is 15.3. The number of thioether (sulfide) groups is 1. The predicted octanol–water partition coefficient (Wildman–Crippen LogP) is 3.57. The summed E-state index contributed by atoms with van der Waals surface area (Å²) in [6.45, 7) is 1.73. The van der Waals surface area contributed by atoms with Crippen LogP contribution in [0, 0.1) is 5.82 Å². The molecule has 2 aromatic carbocycles. The van der Waals surface area contributed by atoms with E-state index in [9.17, 15) is 9.18 Å². The Kier molecular flexibility index (Phi) is 5.43. The molecule has 0 bridgehead atoms. The lowest BCUT2D eigenvalue weighted by Crippen LogP contribution is -2.23. The Labute approximate surface area is 158 Å². The van der Waals surface area contributed by atoms with Gasteiger partial charge in [-0.1, -0.05) is 35.5 Å². The van der Waals surface area contributed by atoms with E-state index in [1.54, 1.807) is 43.3 Å². The van der Waals surface area contributed by atoms with Crippen LogP contribution in [0.2, 0.25) is 5.02 Å². The van der Waals surface area contributed by atoms with Crippen LogP contribution in [-0.4, -0.2) is 26.0 Å². The zero-order chi connectivity index (χ0) is 18.7. The lowest BCUT2D eigenvalue weighted by atomic mass is 10.2. The van der Waals surface area contributed by atoms with Crippen LogP contribution in [0.25, 0.3) is 11.4 Å². The molecule has 0 saturated heterocycles. The molecule has 3 N–H and O–H groups in total. The van der Waals surface area contributed by atoms with Gasteiger partial charge in [-0.3, -0.25) is 4.79 Å². The second-order valence-electron chi connectivity index (χ2n) is 5.44. The van der Waals surface area contributed by atoms with Gasteiger partial charge in [0.15, 0.2) is 5.82 Å². The fourth-order valence-corrected chi connectivity index (χ4v) is 3.07. The average molecular weight is 392 g/mol. The van der Waals surface area contributed by atoms with Crippen LogP contribution < -0.4 is 11.2 Å². The maximum Gasteiger partial charge on any atom is 0.237 e. The smallest absolute Gasteiger partial charge is 0.237 e. The summed E-state index contributed by atoms with van der Waals surface area (Å²) in [5.41, 5.74) is 1.15. The van der Waals surface area contributed by atoms with Crippen LogP contribution in [0.1, 0.15) is 6.92 Å². The number of anilines is 1. The molecule has 0 fully saturated rings. The van der Waals surface area contributed by atoms with Gasteiger partial charge in [-0.15, -0.1) is 10.2 Å². The van der Waals surface area contributed by atoms with Crippen molar-refractivity contribution >= 4 is 35.0 Å². The van der Waals surface area contributed by atoms with Crippen LogP contribution in [0.3, 0.4) is 0 Å². The van der Waals surface area contributed by atoms with Gasteiger partial charge >= 0.3 is 0 Å². The number of nitrogens with one attached hydrogen (secondary N) is 1. The molecule has 26 heavy (non-hydrogen) atoms. The Bertz CT molecular complexity index is 931. The number of rotatable bonds is 5. The maximum absolute atomic E-state index is 13.4. The average Bonchev–Trinajstić information content (AvgIpc) is 2.97. The first-order valence-electron chi connectivity index (χ1n) is 7.63. The second-order valence-corrected chi connectivity index (χ2v) is 7.19. The first-order valence-corrected chi connectivity index (χ1v) is 8.89. The van der Waals surface area contributed by atoms with Gasteiger partial charge in [0, 0.05) is 16.3 Å². The number of hydrogen-bond acceptors (Lipinski definition) is 5. The summed E-state index contributed by atoms with van der Waals surface area (Å²) in [6.07, 6.45) is 0. The summed E-state index contributed by atoms with van der Waals surface area (Å²) in [6, 6.07) is 12.7. The summed E-state index contributed by atoms with van der Waals surface area (Å²) in [7, 11) is 0. The van der Waals surface area contributed by atoms with Gasteiger partial charge in [-0.05, 0) is 43.3 Å². The normalized spacial score (nSPS) is 12.0. The topological polar surface area (TPSA) is 85.8 Å². The van der Waals surface area contributed by atoms with Crippen LogP contribution >= 0.6 is 23.4 Å². The van der Waals surface area contributed by atoms with E-state index in [1.807, 2.05) is 0 Å². The number of benzene rings is 2. The maximum atomic E-state index is 13.4. The van der Waals surface area contributed by atoms with E-state index in [0.717, 1.165) is 11.8 Å². The van der Waals surface area contributed by atoms with Crippen molar-refractivity contribution in [2.24, 2.45) is 0 Å². The van der Waals surface area contributed by atoms with Gasteiger partial charge < -0.3 is 11.2 Å². The number of carbonyl (C=O) groups excluding carboxylic acids is 1. The molecule has 0 saturated carbocycles. The molecule has 0 radical (unpaired) electrons. The van der Waals surface area contributed by atoms with E-state index in [4.69, 9.17) is 17.4 Å². The molecule has 0 unspecified atom stereocenters. The lowest BCUT2D eigenvalue weighted by molar-refractivity contribution is -0.115. The molecule has 3 rings (SSSR count). The zero-order valence-electron chi connectivity index (χ0n) is 13.7. The summed E-state index contributed by atoms with van der Waals surface area (Å²) < 4.78 is 14.6. The number of halogens is 2. The van der Waals surface area contributed by atoms with Crippen molar-refractivity contribution in [1.29, 1.82) is 0 Å². The van der Waals surface area contributed by atoms with Crippen LogP contribution in [0.4, 0.5) is 10.1 Å². The van der Waals surface area contributed by atoms with Crippen LogP contribution in [-0.2, 0) is 4.79 Å². The van der Waals surface area contributed by atoms with Crippen molar-refractivity contribution in [3.8, 4) is 11.4 Å². The molecule has 9 heteroatoms. The van der Waals surface area contributed by atoms with Crippen molar-refractivity contribution in [2.45, 2.75) is 17.3 Å². The fraction of sp³-hybridized carbons (Fsp3) is 0.118. The largest absolute Gasteiger partial charge is 0.335 e. The van der Waals surface area contributed by atoms with Crippen molar-refractivity contribution in [3.05, 3.63) is 59.4 Å². The van der Waals surface area contributed by atoms with Crippen molar-refractivity contribution in [2.75, 3.05) is 11.2 Å². The highest BCUT2D eigenvalue weighted by Gasteiger charge is 2.20. The molecule has 0 spiro atoms. The Balaban J connectivity index is 1.70. The molecule has 0 aliphatic carbocycles. The highest BCUT2D eigenvalue weighted by molar-refractivity contribution is 8.00. The summed E-state index contributed by atoms with van der Waals surface area (Å²) >= 11 is 6.98. The standard InChI is InChI=1S/C17H15ClFN5OS/c1-10(16(25)21-14-7-5-12(18)6-8-14)26-17-23-22-15(24(17)20)11-3-2-4-13(19)9-11/h2-10H,20H2,1H3,(H,21,25)/t10-/m0/s1. The van der Waals surface area contributed by atoms with Crippen molar-refractivity contribution in [1.82, 2.24) is 14.9 Å². The molecule has 0 aliphatic rings. The first kappa shape index (κ1) is 18.2. The molecular formula is C17H15ClFN5OS. The van der Waals surface area contributed by atoms with E-state index in [2.05, 4.69) is 15.5 Å². The van der Waals surface area contributed by atoms with E-state index in [-0.39, 0.29) is 5.91 Å². The summed E-state index contributed by atoms with van der Waals surface area (Å²) in [5.74, 6) is 5.71. The highest BCUT2D eigenvalue weighted by atomic mass is 35.5. The number of nitrogen functional groups attached to an aromatic ring is 1. The highest BCUT2D eigenvalue weighted by Crippen LogP contribution is 2.26. The third-order valence-corrected chi connectivity index (χ3v) is 4.82. The van der Waals surface area contributed by atoms with Gasteiger partial charge in [-0.25, -0.2) is 9.07 Å². The minimum absolute atomic E-state index is 0.215. The summed E-state index contributed by atoms with van der Waals surface area (Å²) in [5, 5.41) is 11.2. The third-order valence-electron chi connectivity index (χ3n) is 3.51. The van der Waals surface area contributed by atoms with Gasteiger partial charge in [0.2, 0.25) is 11.1 Å². The van der Waals surface area contributed by atoms with Crippen LogP contribution in [0.5, 0.6) is 0 Å². The Morgan fingerprint density at radius 3 is 2.69 bits per heavy atom. The summed E-state index contributed by atoms with van der Waals surface area (Å²) in [4.78, 5) is 12.3. The number of amides is 1. The number of aromatic nitrogens is 3. The predicted molar refractivity (Wildman–Crippen MR) is 101 cm³/mol. The second kappa shape index (κ2) is 7.76. The van der Waals surface area contributed by atoms with E-state index < -0.39 is 11.1 Å². The monoisotopic (exact) mass is 391 g/mol. The van der Waals surface area contributed by atoms with Gasteiger partial charge in [0.1, 0.15) is 5.82 Å². The van der Waals surface area contributed by atoms with Gasteiger partial charge in [0.25, 0.3) is 0 Å². The molecule has 134 valence electrons. The third kappa shape index (κ3) is 4.14. The molecule has 6 nitrogen and oxygen atoms in total. The number of carbonyl (C=O) groups is 1. The van der Waals surface area contributed by atoms with Crippen LogP contribution in [0.15, 0.2) is 53.7 Å². The van der Waals surface area contributed by atoms with E-state index >= 15 is 0 Å². The molecule has 1 atom stereocenters. The lowest BCUT2D eigenvalue weighted by Gasteiger charge is -2.11. The number of nitrogens with zero attached hydrogens (tertiary/aromatic N) is 3. The molecular weight excluding hydrogens is 377 g/mol. The minimum Gasteiger partial charge on any atom is -0.335 e. The van der Waals surface area contributed by atoms with E-state index in [0.29, 0.717) is 27.3 Å². The molecule has 1 aromatic heterocycles. The number of nitrogens with two attached hydrogens (primary N) is 1. The Hall–Kier alpha value is -2.58. The van der Waals surface area contributed by atoms with E-state index in [1.165, 1.54) is 16.8 Å². The molecule has 1 amide bonds. The number of hydrogen-bond donors (Lipinski definition) is 2. The SMILES string of the molecule is C[C@H](Sc1nnc(-c2cccc(F)c2)n1N)C(=O)Nc1ccc(Cl)cc1. The Morgan fingerprint density at radius 1 is 1.27 bits per heavy atom. The van der Waals surface area contributed by atoms with Crippen molar-refractivity contribution < 1.29 is 9.18 Å². The first-order chi connectivity index (χ1) is 12.4. The quantitative estimate of drug-likeness (QED) is 0.513. The van der Waals surface area contributed by atoms with Gasteiger partial charge in [-0.2, -0.15) is 0 Å². The minimum atomic E-state index is -0.475. The molecule has 0 aliphatic heterocycles. The van der Waals surface area contributed by atoms with Crippen molar-refractivity contribution in [3.63, 3.8) is 0 Å². The molecule has 1 heterocycles. The fourth-order valence-electron chi connectivity index (χ4n) is 2.17.